The van der Waals surface area contributed by atoms with E-state index in [1.165, 1.54) is 0 Å². The molecule has 0 saturated heterocycles. The molecule has 27 heavy (non-hydrogen) atoms. The molecule has 2 aromatic carbocycles. The van der Waals surface area contributed by atoms with Crippen LogP contribution in [0, 0.1) is 0 Å². The van der Waals surface area contributed by atoms with Gasteiger partial charge in [-0.3, -0.25) is 4.68 Å². The van der Waals surface area contributed by atoms with Crippen molar-refractivity contribution in [3.63, 3.8) is 0 Å². The fourth-order valence-electron chi connectivity index (χ4n) is 3.27. The zero-order valence-corrected chi connectivity index (χ0v) is 14.7. The number of rotatable bonds is 3. The van der Waals surface area contributed by atoms with E-state index >= 15 is 0 Å². The average molecular weight is 352 g/mol. The highest BCUT2D eigenvalue weighted by atomic mass is 15.3. The largest absolute Gasteiger partial charge is 0.275 e. The van der Waals surface area contributed by atoms with Crippen molar-refractivity contribution in [2.45, 2.75) is 0 Å². The van der Waals surface area contributed by atoms with E-state index in [2.05, 4.69) is 38.4 Å². The molecule has 6 heteroatoms. The van der Waals surface area contributed by atoms with E-state index in [1.54, 1.807) is 17.2 Å². The third-order valence-electron chi connectivity index (χ3n) is 4.56. The fraction of sp³-hybridized carbons (Fsp3) is 0.0476. The van der Waals surface area contributed by atoms with E-state index < -0.39 is 0 Å². The minimum Gasteiger partial charge on any atom is -0.275 e. The second-order valence-electron chi connectivity index (χ2n) is 6.32. The first-order chi connectivity index (χ1) is 13.3. The van der Waals surface area contributed by atoms with Crippen molar-refractivity contribution in [1.29, 1.82) is 0 Å². The number of nitrogens with zero attached hydrogens (tertiary/aromatic N) is 6. The van der Waals surface area contributed by atoms with Crippen LogP contribution in [0.25, 0.3) is 39.1 Å². The molecule has 0 spiro atoms. The van der Waals surface area contributed by atoms with Gasteiger partial charge >= 0.3 is 0 Å². The van der Waals surface area contributed by atoms with Crippen molar-refractivity contribution >= 4 is 10.9 Å². The summed E-state index contributed by atoms with van der Waals surface area (Å²) in [6.07, 6.45) is 7.24. The quantitative estimate of drug-likeness (QED) is 0.494. The van der Waals surface area contributed by atoms with Gasteiger partial charge in [-0.05, 0) is 35.9 Å². The van der Waals surface area contributed by atoms with Gasteiger partial charge in [0.1, 0.15) is 6.33 Å². The molecule has 0 fully saturated rings. The Morgan fingerprint density at radius 1 is 0.852 bits per heavy atom. The smallest absolute Gasteiger partial charge is 0.116 e. The summed E-state index contributed by atoms with van der Waals surface area (Å²) in [4.78, 5) is 9.03. The summed E-state index contributed by atoms with van der Waals surface area (Å²) in [5, 5.41) is 9.72. The molecule has 0 bridgehead atoms. The van der Waals surface area contributed by atoms with Gasteiger partial charge in [0.25, 0.3) is 0 Å². The standard InChI is InChI=1S/C21H16N6/c1-26-13-16(12-25-26)15-7-8-18-19(11-15)22-14-23-21(18)20-9-10-24-27(20)17-5-3-2-4-6-17/h2-14H,1H3. The number of aromatic nitrogens is 6. The summed E-state index contributed by atoms with van der Waals surface area (Å²) >= 11 is 0. The molecule has 0 aliphatic carbocycles. The van der Waals surface area contributed by atoms with E-state index in [0.29, 0.717) is 0 Å². The van der Waals surface area contributed by atoms with Gasteiger partial charge in [0, 0.05) is 24.2 Å². The van der Waals surface area contributed by atoms with Gasteiger partial charge < -0.3 is 0 Å². The fourth-order valence-corrected chi connectivity index (χ4v) is 3.27. The molecule has 3 aromatic heterocycles. The maximum Gasteiger partial charge on any atom is 0.116 e. The van der Waals surface area contributed by atoms with Crippen molar-refractivity contribution in [2.75, 3.05) is 0 Å². The van der Waals surface area contributed by atoms with Crippen LogP contribution in [-0.2, 0) is 7.05 Å². The number of fused-ring (bicyclic) bond motifs is 1. The average Bonchev–Trinajstić information content (AvgIpc) is 3.37. The van der Waals surface area contributed by atoms with Crippen LogP contribution in [0.15, 0.2) is 79.5 Å². The van der Waals surface area contributed by atoms with Crippen LogP contribution in [0.2, 0.25) is 0 Å². The van der Waals surface area contributed by atoms with E-state index in [4.69, 9.17) is 0 Å². The van der Waals surface area contributed by atoms with E-state index in [-0.39, 0.29) is 0 Å². The zero-order chi connectivity index (χ0) is 18.2. The Kier molecular flexibility index (Phi) is 3.53. The van der Waals surface area contributed by atoms with Gasteiger partial charge in [0.2, 0.25) is 0 Å². The molecular formula is C21H16N6. The van der Waals surface area contributed by atoms with Crippen molar-refractivity contribution in [2.24, 2.45) is 7.05 Å². The number of para-hydroxylation sites is 1. The summed E-state index contributed by atoms with van der Waals surface area (Å²) in [5.74, 6) is 0. The monoisotopic (exact) mass is 352 g/mol. The normalized spacial score (nSPS) is 11.1. The molecule has 130 valence electrons. The zero-order valence-electron chi connectivity index (χ0n) is 14.7. The molecule has 0 atom stereocenters. The Hall–Kier alpha value is -3.80. The lowest BCUT2D eigenvalue weighted by molar-refractivity contribution is 0.768. The molecule has 0 amide bonds. The van der Waals surface area contributed by atoms with Crippen LogP contribution in [-0.4, -0.2) is 29.5 Å². The maximum absolute atomic E-state index is 4.55. The van der Waals surface area contributed by atoms with E-state index in [0.717, 1.165) is 39.1 Å². The van der Waals surface area contributed by atoms with Crippen molar-refractivity contribution in [3.8, 4) is 28.2 Å². The van der Waals surface area contributed by atoms with Crippen molar-refractivity contribution < 1.29 is 0 Å². The second-order valence-corrected chi connectivity index (χ2v) is 6.32. The van der Waals surface area contributed by atoms with Crippen LogP contribution < -0.4 is 0 Å². The first-order valence-corrected chi connectivity index (χ1v) is 8.63. The predicted molar refractivity (Wildman–Crippen MR) is 104 cm³/mol. The highest BCUT2D eigenvalue weighted by Crippen LogP contribution is 2.30. The van der Waals surface area contributed by atoms with Crippen LogP contribution in [0.4, 0.5) is 0 Å². The molecule has 0 aliphatic heterocycles. The van der Waals surface area contributed by atoms with Crippen molar-refractivity contribution in [3.05, 3.63) is 79.5 Å². The molecule has 0 saturated carbocycles. The number of benzene rings is 2. The van der Waals surface area contributed by atoms with Gasteiger partial charge in [-0.1, -0.05) is 24.3 Å². The van der Waals surface area contributed by atoms with Gasteiger partial charge in [-0.25, -0.2) is 14.6 Å². The Morgan fingerprint density at radius 2 is 1.74 bits per heavy atom. The molecule has 5 rings (SSSR count). The van der Waals surface area contributed by atoms with Crippen LogP contribution in [0.3, 0.4) is 0 Å². The predicted octanol–water partition coefficient (Wildman–Crippen LogP) is 3.88. The maximum atomic E-state index is 4.55. The van der Waals surface area contributed by atoms with Gasteiger partial charge in [0.15, 0.2) is 0 Å². The lowest BCUT2D eigenvalue weighted by atomic mass is 10.0. The summed E-state index contributed by atoms with van der Waals surface area (Å²) in [5.41, 5.74) is 5.82. The molecule has 6 nitrogen and oxygen atoms in total. The third kappa shape index (κ3) is 2.67. The summed E-state index contributed by atoms with van der Waals surface area (Å²) in [6.45, 7) is 0. The van der Waals surface area contributed by atoms with Crippen LogP contribution in [0.1, 0.15) is 0 Å². The number of hydrogen-bond acceptors (Lipinski definition) is 4. The topological polar surface area (TPSA) is 61.4 Å². The first kappa shape index (κ1) is 15.5. The summed E-state index contributed by atoms with van der Waals surface area (Å²) < 4.78 is 3.69. The Morgan fingerprint density at radius 3 is 2.56 bits per heavy atom. The SMILES string of the molecule is Cn1cc(-c2ccc3c(-c4ccnn4-c4ccccc4)ncnc3c2)cn1. The van der Waals surface area contributed by atoms with Gasteiger partial charge in [0.05, 0.1) is 35.0 Å². The molecule has 0 unspecified atom stereocenters. The summed E-state index contributed by atoms with van der Waals surface area (Å²) in [6, 6.07) is 18.2. The number of hydrogen-bond donors (Lipinski definition) is 0. The second kappa shape index (κ2) is 6.17. The Balaban J connectivity index is 1.66. The molecule has 0 N–H and O–H groups in total. The van der Waals surface area contributed by atoms with Crippen LogP contribution in [0.5, 0.6) is 0 Å². The Bertz CT molecular complexity index is 1240. The molecule has 0 radical (unpaired) electrons. The van der Waals surface area contributed by atoms with E-state index in [9.17, 15) is 0 Å². The highest BCUT2D eigenvalue weighted by Gasteiger charge is 2.13. The van der Waals surface area contributed by atoms with Crippen LogP contribution >= 0.6 is 0 Å². The van der Waals surface area contributed by atoms with Gasteiger partial charge in [-0.2, -0.15) is 10.2 Å². The molecule has 3 heterocycles. The molecule has 5 aromatic rings. The minimum absolute atomic E-state index is 0.860. The Labute approximate surface area is 155 Å². The lowest BCUT2D eigenvalue weighted by Gasteiger charge is -2.09. The van der Waals surface area contributed by atoms with Crippen molar-refractivity contribution in [1.82, 2.24) is 29.5 Å². The summed E-state index contributed by atoms with van der Waals surface area (Å²) in [7, 11) is 1.91. The third-order valence-corrected chi connectivity index (χ3v) is 4.56. The number of aryl methyl sites for hydroxylation is 1. The lowest BCUT2D eigenvalue weighted by Crippen LogP contribution is -2.00. The van der Waals surface area contributed by atoms with Gasteiger partial charge in [-0.15, -0.1) is 0 Å². The highest BCUT2D eigenvalue weighted by molar-refractivity contribution is 5.93. The van der Waals surface area contributed by atoms with E-state index in [1.807, 2.05) is 60.5 Å². The minimum atomic E-state index is 0.860. The molecule has 0 aliphatic rings. The first-order valence-electron chi connectivity index (χ1n) is 8.63. The molecular weight excluding hydrogens is 336 g/mol.